The topological polar surface area (TPSA) is 34.4 Å². The molecule has 0 amide bonds. The van der Waals surface area contributed by atoms with Gasteiger partial charge in [-0.25, -0.2) is 9.37 Å². The van der Waals surface area contributed by atoms with Crippen LogP contribution >= 0.6 is 11.6 Å². The summed E-state index contributed by atoms with van der Waals surface area (Å²) in [4.78, 5) is 16.3. The van der Waals surface area contributed by atoms with E-state index >= 15 is 0 Å². The maximum absolute atomic E-state index is 14.6. The number of aryl methyl sites for hydroxylation is 1. The number of carbonyl (C=O) groups excluding carboxylic acids is 1. The van der Waals surface area contributed by atoms with Crippen molar-refractivity contribution in [2.45, 2.75) is 34.1 Å². The molecule has 2 aromatic heterocycles. The van der Waals surface area contributed by atoms with E-state index in [0.29, 0.717) is 33.2 Å². The van der Waals surface area contributed by atoms with Gasteiger partial charge in [-0.3, -0.25) is 9.20 Å². The number of benzene rings is 2. The monoisotopic (exact) mass is 422 g/mol. The van der Waals surface area contributed by atoms with Gasteiger partial charge in [0.2, 0.25) is 0 Å². The Hall–Kier alpha value is -2.98. The second kappa shape index (κ2) is 9.23. The zero-order chi connectivity index (χ0) is 21.8. The first kappa shape index (κ1) is 21.7. The SMILES string of the molecule is CC(=O)c1ccn2c(Cl)c(-c3ccccc3-c3ccc(C)cc3F)nc2c1.CCC. The number of rotatable bonds is 3. The third kappa shape index (κ3) is 4.29. The van der Waals surface area contributed by atoms with E-state index in [-0.39, 0.29) is 11.6 Å². The Morgan fingerprint density at radius 1 is 1.03 bits per heavy atom. The number of aromatic nitrogens is 2. The molecule has 3 nitrogen and oxygen atoms in total. The number of ketones is 1. The molecule has 0 saturated carbocycles. The summed E-state index contributed by atoms with van der Waals surface area (Å²) in [6.45, 7) is 7.61. The molecule has 2 aromatic carbocycles. The number of hydrogen-bond donors (Lipinski definition) is 0. The maximum atomic E-state index is 14.6. The number of halogens is 2. The van der Waals surface area contributed by atoms with Gasteiger partial charge >= 0.3 is 0 Å². The van der Waals surface area contributed by atoms with Crippen molar-refractivity contribution in [3.63, 3.8) is 0 Å². The predicted molar refractivity (Wildman–Crippen MR) is 122 cm³/mol. The summed E-state index contributed by atoms with van der Waals surface area (Å²) in [6, 6.07) is 16.0. The van der Waals surface area contributed by atoms with Gasteiger partial charge in [-0.15, -0.1) is 0 Å². The van der Waals surface area contributed by atoms with Crippen LogP contribution in [-0.2, 0) is 0 Å². The molecule has 0 radical (unpaired) electrons. The summed E-state index contributed by atoms with van der Waals surface area (Å²) in [5.74, 6) is -0.332. The van der Waals surface area contributed by atoms with Crippen molar-refractivity contribution < 1.29 is 9.18 Å². The van der Waals surface area contributed by atoms with Gasteiger partial charge in [0.05, 0.1) is 0 Å². The fourth-order valence-electron chi connectivity index (χ4n) is 3.17. The highest BCUT2D eigenvalue weighted by Gasteiger charge is 2.18. The van der Waals surface area contributed by atoms with Crippen LogP contribution in [0.3, 0.4) is 0 Å². The van der Waals surface area contributed by atoms with Gasteiger partial charge in [-0.1, -0.05) is 68.3 Å². The minimum atomic E-state index is -0.291. The minimum absolute atomic E-state index is 0.0414. The Morgan fingerprint density at radius 3 is 2.33 bits per heavy atom. The Morgan fingerprint density at radius 2 is 1.70 bits per heavy atom. The fourth-order valence-corrected chi connectivity index (χ4v) is 3.46. The van der Waals surface area contributed by atoms with Crippen LogP contribution in [0, 0.1) is 12.7 Å². The molecular weight excluding hydrogens is 399 g/mol. The van der Waals surface area contributed by atoms with Crippen molar-refractivity contribution in [2.75, 3.05) is 0 Å². The smallest absolute Gasteiger partial charge is 0.159 e. The number of pyridine rings is 1. The van der Waals surface area contributed by atoms with Gasteiger partial charge < -0.3 is 0 Å². The third-order valence-electron chi connectivity index (χ3n) is 4.57. The van der Waals surface area contributed by atoms with Gasteiger partial charge in [-0.2, -0.15) is 0 Å². The predicted octanol–water partition coefficient (Wildman–Crippen LogP) is 7.39. The van der Waals surface area contributed by atoms with E-state index < -0.39 is 0 Å². The van der Waals surface area contributed by atoms with Crippen molar-refractivity contribution in [3.8, 4) is 22.4 Å². The van der Waals surface area contributed by atoms with E-state index in [9.17, 15) is 9.18 Å². The number of nitrogens with zero attached hydrogens (tertiary/aromatic N) is 2. The molecule has 0 aliphatic rings. The second-order valence-corrected chi connectivity index (χ2v) is 7.55. The van der Waals surface area contributed by atoms with Gasteiger partial charge in [-0.05, 0) is 43.2 Å². The summed E-state index contributed by atoms with van der Waals surface area (Å²) in [6.07, 6.45) is 2.97. The van der Waals surface area contributed by atoms with Crippen LogP contribution in [-0.4, -0.2) is 15.2 Å². The van der Waals surface area contributed by atoms with Crippen LogP contribution in [0.4, 0.5) is 4.39 Å². The van der Waals surface area contributed by atoms with E-state index in [1.54, 1.807) is 28.8 Å². The van der Waals surface area contributed by atoms with Gasteiger partial charge in [0, 0.05) is 22.9 Å². The van der Waals surface area contributed by atoms with Crippen molar-refractivity contribution >= 4 is 23.0 Å². The first-order valence-corrected chi connectivity index (χ1v) is 10.3. The quantitative estimate of drug-likeness (QED) is 0.322. The van der Waals surface area contributed by atoms with Gasteiger partial charge in [0.25, 0.3) is 0 Å². The summed E-state index contributed by atoms with van der Waals surface area (Å²) in [7, 11) is 0. The molecule has 0 aliphatic carbocycles. The molecule has 0 unspecified atom stereocenters. The minimum Gasteiger partial charge on any atom is -0.295 e. The lowest BCUT2D eigenvalue weighted by Gasteiger charge is -2.10. The highest BCUT2D eigenvalue weighted by molar-refractivity contribution is 6.32. The Labute approximate surface area is 181 Å². The summed E-state index contributed by atoms with van der Waals surface area (Å²) < 4.78 is 16.3. The molecule has 0 spiro atoms. The molecule has 0 bridgehead atoms. The number of carbonyl (C=O) groups is 1. The molecule has 0 N–H and O–H groups in total. The van der Waals surface area contributed by atoms with E-state index in [2.05, 4.69) is 18.8 Å². The zero-order valence-corrected chi connectivity index (χ0v) is 18.3. The lowest BCUT2D eigenvalue weighted by Crippen LogP contribution is -1.94. The van der Waals surface area contributed by atoms with E-state index in [1.807, 2.05) is 37.3 Å². The highest BCUT2D eigenvalue weighted by atomic mass is 35.5. The van der Waals surface area contributed by atoms with Crippen molar-refractivity contribution in [1.82, 2.24) is 9.38 Å². The molecule has 0 atom stereocenters. The standard InChI is InChI=1S/C22H16ClFN2O.C3H8/c1-13-7-8-17(19(24)11-13)16-5-3-4-6-18(16)21-22(23)26-10-9-15(14(2)27)12-20(26)25-21;1-3-2/h3-12H,1-2H3;3H2,1-2H3. The lowest BCUT2D eigenvalue weighted by molar-refractivity contribution is 0.101. The van der Waals surface area contributed by atoms with Crippen molar-refractivity contribution in [1.29, 1.82) is 0 Å². The van der Waals surface area contributed by atoms with Crippen LogP contribution in [0.15, 0.2) is 60.8 Å². The van der Waals surface area contributed by atoms with E-state index in [0.717, 1.165) is 11.1 Å². The van der Waals surface area contributed by atoms with Gasteiger partial charge in [0.15, 0.2) is 5.78 Å². The molecule has 0 saturated heterocycles. The van der Waals surface area contributed by atoms with Crippen LogP contribution in [0.5, 0.6) is 0 Å². The number of imidazole rings is 1. The first-order chi connectivity index (χ1) is 14.4. The molecule has 5 heteroatoms. The molecule has 30 heavy (non-hydrogen) atoms. The fraction of sp³-hybridized carbons (Fsp3) is 0.200. The first-order valence-electron chi connectivity index (χ1n) is 9.91. The molecular formula is C25H24ClFN2O. The highest BCUT2D eigenvalue weighted by Crippen LogP contribution is 2.37. The Bertz CT molecular complexity index is 1210. The van der Waals surface area contributed by atoms with Gasteiger partial charge in [0.1, 0.15) is 22.3 Å². The average molecular weight is 423 g/mol. The molecule has 4 aromatic rings. The van der Waals surface area contributed by atoms with Crippen LogP contribution < -0.4 is 0 Å². The van der Waals surface area contributed by atoms with Crippen LogP contribution in [0.2, 0.25) is 5.15 Å². The zero-order valence-electron chi connectivity index (χ0n) is 17.5. The molecule has 2 heterocycles. The van der Waals surface area contributed by atoms with Crippen LogP contribution in [0.1, 0.15) is 43.1 Å². The largest absolute Gasteiger partial charge is 0.295 e. The molecule has 0 aliphatic heterocycles. The van der Waals surface area contributed by atoms with Crippen molar-refractivity contribution in [3.05, 3.63) is 82.9 Å². The van der Waals surface area contributed by atoms with E-state index in [1.165, 1.54) is 19.4 Å². The number of fused-ring (bicyclic) bond motifs is 1. The third-order valence-corrected chi connectivity index (χ3v) is 4.93. The summed E-state index contributed by atoms with van der Waals surface area (Å²) in [5, 5.41) is 0.417. The molecule has 4 rings (SSSR count). The lowest BCUT2D eigenvalue weighted by atomic mass is 9.97. The van der Waals surface area contributed by atoms with E-state index in [4.69, 9.17) is 11.6 Å². The average Bonchev–Trinajstić information content (AvgIpc) is 3.04. The normalized spacial score (nSPS) is 10.6. The molecule has 0 fully saturated rings. The number of hydrogen-bond acceptors (Lipinski definition) is 2. The Balaban J connectivity index is 0.000000806. The second-order valence-electron chi connectivity index (χ2n) is 7.19. The summed E-state index contributed by atoms with van der Waals surface area (Å²) in [5.41, 5.74) is 4.49. The van der Waals surface area contributed by atoms with Crippen LogP contribution in [0.25, 0.3) is 28.0 Å². The van der Waals surface area contributed by atoms with Crippen molar-refractivity contribution in [2.24, 2.45) is 0 Å². The number of Topliss-reactive ketones (excluding diaryl/α,β-unsaturated/α-hetero) is 1. The maximum Gasteiger partial charge on any atom is 0.159 e. The Kier molecular flexibility index (Phi) is 6.68. The molecule has 154 valence electrons. The summed E-state index contributed by atoms with van der Waals surface area (Å²) >= 11 is 6.57.